The number of benzene rings is 2. The van der Waals surface area contributed by atoms with Crippen molar-refractivity contribution in [3.63, 3.8) is 0 Å². The molecule has 9 heteroatoms. The number of amides is 2. The molecule has 0 unspecified atom stereocenters. The highest BCUT2D eigenvalue weighted by Gasteiger charge is 2.12. The molecule has 0 saturated heterocycles. The lowest BCUT2D eigenvalue weighted by molar-refractivity contribution is -0.122. The Labute approximate surface area is 165 Å². The molecule has 0 spiro atoms. The molecule has 1 aromatic heterocycles. The highest BCUT2D eigenvalue weighted by molar-refractivity contribution is 5.95. The molecule has 0 fully saturated rings. The highest BCUT2D eigenvalue weighted by atomic mass is 16.5. The summed E-state index contributed by atoms with van der Waals surface area (Å²) in [6.07, 6.45) is 0.0129. The Morgan fingerprint density at radius 2 is 1.66 bits per heavy atom. The van der Waals surface area contributed by atoms with Crippen molar-refractivity contribution >= 4 is 22.6 Å². The molecule has 3 aromatic rings. The van der Waals surface area contributed by atoms with Crippen molar-refractivity contribution in [1.82, 2.24) is 20.6 Å². The van der Waals surface area contributed by atoms with Gasteiger partial charge in [-0.25, -0.2) is 4.68 Å². The first-order valence-corrected chi connectivity index (χ1v) is 8.93. The Morgan fingerprint density at radius 1 is 1.00 bits per heavy atom. The quantitative estimate of drug-likeness (QED) is 0.554. The molecule has 0 bridgehead atoms. The van der Waals surface area contributed by atoms with E-state index in [1.807, 2.05) is 13.8 Å². The van der Waals surface area contributed by atoms with Crippen LogP contribution < -0.4 is 26.7 Å². The van der Waals surface area contributed by atoms with Crippen LogP contribution in [0.4, 0.5) is 0 Å². The predicted molar refractivity (Wildman–Crippen MR) is 107 cm³/mol. The van der Waals surface area contributed by atoms with Crippen LogP contribution in [-0.2, 0) is 11.3 Å². The maximum Gasteiger partial charge on any atom is 0.273 e. The van der Waals surface area contributed by atoms with Gasteiger partial charge in [0.2, 0.25) is 0 Å². The van der Waals surface area contributed by atoms with Gasteiger partial charge in [0, 0.05) is 5.56 Å². The first kappa shape index (κ1) is 19.9. The second-order valence-corrected chi connectivity index (χ2v) is 6.57. The summed E-state index contributed by atoms with van der Waals surface area (Å²) >= 11 is 0. The normalized spacial score (nSPS) is 10.7. The highest BCUT2D eigenvalue weighted by Crippen LogP contribution is 2.13. The average Bonchev–Trinajstić information content (AvgIpc) is 2.70. The fourth-order valence-corrected chi connectivity index (χ4v) is 2.70. The van der Waals surface area contributed by atoms with E-state index in [0.717, 1.165) is 4.68 Å². The molecule has 1 heterocycles. The minimum atomic E-state index is -0.675. The Bertz CT molecular complexity index is 1160. The SMILES string of the molecule is CC(C)Oc1ccc(C(=O)NNC(=O)Cn2[nH]c(=O)c3ccccc3c2=O)cc1. The summed E-state index contributed by atoms with van der Waals surface area (Å²) in [7, 11) is 0. The first-order chi connectivity index (χ1) is 13.8. The summed E-state index contributed by atoms with van der Waals surface area (Å²) in [6, 6.07) is 12.7. The molecule has 3 N–H and O–H groups in total. The van der Waals surface area contributed by atoms with Gasteiger partial charge in [0.05, 0.1) is 16.9 Å². The van der Waals surface area contributed by atoms with Crippen LogP contribution in [0, 0.1) is 0 Å². The summed E-state index contributed by atoms with van der Waals surface area (Å²) in [5.41, 5.74) is 3.80. The fraction of sp³-hybridized carbons (Fsp3) is 0.200. The van der Waals surface area contributed by atoms with Crippen molar-refractivity contribution < 1.29 is 14.3 Å². The van der Waals surface area contributed by atoms with Crippen molar-refractivity contribution in [2.24, 2.45) is 0 Å². The third-order valence-electron chi connectivity index (χ3n) is 3.99. The molecule has 2 amide bonds. The van der Waals surface area contributed by atoms with Gasteiger partial charge in [-0.1, -0.05) is 12.1 Å². The van der Waals surface area contributed by atoms with E-state index in [1.165, 1.54) is 12.1 Å². The fourth-order valence-electron chi connectivity index (χ4n) is 2.70. The van der Waals surface area contributed by atoms with Gasteiger partial charge >= 0.3 is 0 Å². The molecular formula is C20H20N4O5. The van der Waals surface area contributed by atoms with Crippen LogP contribution in [0.15, 0.2) is 58.1 Å². The number of carbonyl (C=O) groups is 2. The molecule has 29 heavy (non-hydrogen) atoms. The lowest BCUT2D eigenvalue weighted by Gasteiger charge is -2.11. The third-order valence-corrected chi connectivity index (χ3v) is 3.99. The molecule has 0 atom stereocenters. The summed E-state index contributed by atoms with van der Waals surface area (Å²) in [5.74, 6) is -0.583. The largest absolute Gasteiger partial charge is 0.491 e. The standard InChI is InChI=1S/C20H20N4O5/c1-12(2)29-14-9-7-13(8-10-14)18(26)22-21-17(25)11-24-20(28)16-6-4-3-5-15(16)19(27)23-24/h3-10,12H,11H2,1-2H3,(H,21,25)(H,22,26)(H,23,27). The lowest BCUT2D eigenvalue weighted by Crippen LogP contribution is -2.45. The molecule has 3 rings (SSSR count). The number of carbonyl (C=O) groups excluding carboxylic acids is 2. The smallest absolute Gasteiger partial charge is 0.273 e. The second-order valence-electron chi connectivity index (χ2n) is 6.57. The molecule has 0 saturated carbocycles. The van der Waals surface area contributed by atoms with Gasteiger partial charge in [-0.3, -0.25) is 35.1 Å². The Hall–Kier alpha value is -3.88. The maximum absolute atomic E-state index is 12.4. The van der Waals surface area contributed by atoms with E-state index in [-0.39, 0.29) is 16.9 Å². The number of rotatable bonds is 5. The molecule has 150 valence electrons. The number of nitrogens with one attached hydrogen (secondary N) is 3. The number of aromatic amines is 1. The Balaban J connectivity index is 1.64. The predicted octanol–water partition coefficient (Wildman–Crippen LogP) is 0.938. The molecule has 0 aliphatic rings. The molecular weight excluding hydrogens is 376 g/mol. The molecule has 0 aliphatic carbocycles. The topological polar surface area (TPSA) is 122 Å². The van der Waals surface area contributed by atoms with Gasteiger partial charge < -0.3 is 4.74 Å². The van der Waals surface area contributed by atoms with Crippen LogP contribution in [0.1, 0.15) is 24.2 Å². The zero-order chi connectivity index (χ0) is 21.0. The maximum atomic E-state index is 12.4. The van der Waals surface area contributed by atoms with Crippen LogP contribution in [0.5, 0.6) is 5.75 Å². The van der Waals surface area contributed by atoms with Gasteiger partial charge in [0.25, 0.3) is 22.9 Å². The average molecular weight is 396 g/mol. The summed E-state index contributed by atoms with van der Waals surface area (Å²) in [5, 5.41) is 2.80. The monoisotopic (exact) mass is 396 g/mol. The molecule has 9 nitrogen and oxygen atoms in total. The lowest BCUT2D eigenvalue weighted by atomic mass is 10.2. The van der Waals surface area contributed by atoms with Crippen molar-refractivity contribution in [1.29, 1.82) is 0 Å². The zero-order valence-corrected chi connectivity index (χ0v) is 15.9. The van der Waals surface area contributed by atoms with Gasteiger partial charge in [-0.2, -0.15) is 0 Å². The van der Waals surface area contributed by atoms with Gasteiger partial charge in [-0.05, 0) is 50.2 Å². The number of aromatic nitrogens is 2. The van der Waals surface area contributed by atoms with Crippen LogP contribution in [-0.4, -0.2) is 27.7 Å². The van der Waals surface area contributed by atoms with Crippen LogP contribution in [0.25, 0.3) is 10.8 Å². The first-order valence-electron chi connectivity index (χ1n) is 8.93. The summed E-state index contributed by atoms with van der Waals surface area (Å²) in [4.78, 5) is 48.7. The second kappa shape index (κ2) is 8.42. The van der Waals surface area contributed by atoms with E-state index in [9.17, 15) is 19.2 Å². The van der Waals surface area contributed by atoms with Crippen LogP contribution in [0.2, 0.25) is 0 Å². The Morgan fingerprint density at radius 3 is 2.31 bits per heavy atom. The molecule has 0 radical (unpaired) electrons. The molecule has 0 aliphatic heterocycles. The number of H-pyrrole nitrogens is 1. The Kier molecular flexibility index (Phi) is 5.77. The van der Waals surface area contributed by atoms with Crippen LogP contribution >= 0.6 is 0 Å². The molecule has 2 aromatic carbocycles. The number of nitrogens with zero attached hydrogens (tertiary/aromatic N) is 1. The minimum absolute atomic E-state index is 0.0129. The summed E-state index contributed by atoms with van der Waals surface area (Å²) < 4.78 is 6.40. The van der Waals surface area contributed by atoms with E-state index in [1.54, 1.807) is 36.4 Å². The van der Waals surface area contributed by atoms with Gasteiger partial charge in [0.1, 0.15) is 12.3 Å². The van der Waals surface area contributed by atoms with E-state index in [0.29, 0.717) is 11.3 Å². The summed E-state index contributed by atoms with van der Waals surface area (Å²) in [6.45, 7) is 3.33. The van der Waals surface area contributed by atoms with E-state index in [2.05, 4.69) is 16.0 Å². The van der Waals surface area contributed by atoms with Gasteiger partial charge in [0.15, 0.2) is 0 Å². The zero-order valence-electron chi connectivity index (χ0n) is 15.9. The van der Waals surface area contributed by atoms with E-state index < -0.39 is 29.5 Å². The number of ether oxygens (including phenoxy) is 1. The number of hydrogen-bond donors (Lipinski definition) is 3. The number of hydrogen-bond acceptors (Lipinski definition) is 5. The third kappa shape index (κ3) is 4.70. The van der Waals surface area contributed by atoms with Gasteiger partial charge in [-0.15, -0.1) is 0 Å². The minimum Gasteiger partial charge on any atom is -0.491 e. The van der Waals surface area contributed by atoms with Crippen molar-refractivity contribution in [3.8, 4) is 5.75 Å². The van der Waals surface area contributed by atoms with E-state index in [4.69, 9.17) is 4.74 Å². The number of fused-ring (bicyclic) bond motifs is 1. The van der Waals surface area contributed by atoms with Crippen LogP contribution in [0.3, 0.4) is 0 Å². The van der Waals surface area contributed by atoms with Crippen molar-refractivity contribution in [2.45, 2.75) is 26.5 Å². The number of hydrazine groups is 1. The van der Waals surface area contributed by atoms with Crippen molar-refractivity contribution in [3.05, 3.63) is 74.8 Å². The van der Waals surface area contributed by atoms with E-state index >= 15 is 0 Å². The van der Waals surface area contributed by atoms with Crippen molar-refractivity contribution in [2.75, 3.05) is 0 Å².